The van der Waals surface area contributed by atoms with Gasteiger partial charge in [-0.2, -0.15) is 5.26 Å². The number of hydrogen-bond acceptors (Lipinski definition) is 3. The van der Waals surface area contributed by atoms with Crippen molar-refractivity contribution in [3.05, 3.63) is 35.1 Å². The van der Waals surface area contributed by atoms with Gasteiger partial charge in [-0.3, -0.25) is 9.69 Å². The van der Waals surface area contributed by atoms with Crippen LogP contribution >= 0.6 is 0 Å². The van der Waals surface area contributed by atoms with Gasteiger partial charge in [0.2, 0.25) is 0 Å². The monoisotopic (exact) mass is 276 g/mol. The molecular formula is C15H17FN2O2. The minimum Gasteiger partial charge on any atom is -0.481 e. The highest BCUT2D eigenvalue weighted by Crippen LogP contribution is 2.22. The van der Waals surface area contributed by atoms with E-state index in [4.69, 9.17) is 10.4 Å². The van der Waals surface area contributed by atoms with Crippen LogP contribution in [0.1, 0.15) is 30.4 Å². The predicted octanol–water partition coefficient (Wildman–Crippen LogP) is 2.38. The fourth-order valence-corrected chi connectivity index (χ4v) is 2.58. The van der Waals surface area contributed by atoms with Gasteiger partial charge in [0.05, 0.1) is 11.6 Å². The molecule has 0 radical (unpaired) electrons. The fraction of sp³-hybridized carbons (Fsp3) is 0.467. The molecule has 0 aromatic heterocycles. The molecule has 1 saturated heterocycles. The molecule has 1 heterocycles. The van der Waals surface area contributed by atoms with Gasteiger partial charge in [0.15, 0.2) is 0 Å². The number of carboxylic acids is 1. The van der Waals surface area contributed by atoms with Crippen molar-refractivity contribution in [2.45, 2.75) is 25.8 Å². The first-order valence-electron chi connectivity index (χ1n) is 6.71. The number of hydrogen-bond donors (Lipinski definition) is 1. The lowest BCUT2D eigenvalue weighted by Gasteiger charge is -2.31. The molecule has 0 saturated carbocycles. The maximum Gasteiger partial charge on any atom is 0.303 e. The third-order valence-corrected chi connectivity index (χ3v) is 3.75. The minimum absolute atomic E-state index is 0.221. The lowest BCUT2D eigenvalue weighted by atomic mass is 9.93. The first-order chi connectivity index (χ1) is 9.58. The summed E-state index contributed by atoms with van der Waals surface area (Å²) in [6.45, 7) is 2.09. The first-order valence-corrected chi connectivity index (χ1v) is 6.71. The van der Waals surface area contributed by atoms with E-state index < -0.39 is 5.97 Å². The molecule has 1 fully saturated rings. The zero-order valence-corrected chi connectivity index (χ0v) is 11.2. The summed E-state index contributed by atoms with van der Waals surface area (Å²) in [5, 5.41) is 17.5. The maximum absolute atomic E-state index is 13.8. The van der Waals surface area contributed by atoms with Gasteiger partial charge >= 0.3 is 5.97 Å². The molecule has 4 nitrogen and oxygen atoms in total. The largest absolute Gasteiger partial charge is 0.481 e. The third-order valence-electron chi connectivity index (χ3n) is 3.75. The fourth-order valence-electron chi connectivity index (χ4n) is 2.58. The smallest absolute Gasteiger partial charge is 0.303 e. The molecule has 5 heteroatoms. The summed E-state index contributed by atoms with van der Waals surface area (Å²) in [6, 6.07) is 6.44. The molecular weight excluding hydrogens is 259 g/mol. The average Bonchev–Trinajstić information content (AvgIpc) is 2.42. The van der Waals surface area contributed by atoms with Crippen molar-refractivity contribution in [2.75, 3.05) is 13.1 Å². The van der Waals surface area contributed by atoms with E-state index in [1.165, 1.54) is 6.07 Å². The van der Waals surface area contributed by atoms with Crippen molar-refractivity contribution < 1.29 is 14.3 Å². The normalized spacial score (nSPS) is 16.8. The lowest BCUT2D eigenvalue weighted by molar-refractivity contribution is -0.138. The van der Waals surface area contributed by atoms with Crippen LogP contribution in [0.4, 0.5) is 4.39 Å². The number of carboxylic acid groups (broad SMARTS) is 1. The number of piperidine rings is 1. The molecule has 1 aromatic rings. The van der Waals surface area contributed by atoms with E-state index in [9.17, 15) is 9.18 Å². The number of likely N-dealkylation sites (tertiary alicyclic amines) is 1. The van der Waals surface area contributed by atoms with Gasteiger partial charge < -0.3 is 5.11 Å². The Morgan fingerprint density at radius 1 is 1.45 bits per heavy atom. The van der Waals surface area contributed by atoms with Crippen LogP contribution in [0.25, 0.3) is 0 Å². The summed E-state index contributed by atoms with van der Waals surface area (Å²) in [6.07, 6.45) is 1.90. The molecule has 1 aliphatic rings. The van der Waals surface area contributed by atoms with Gasteiger partial charge in [-0.25, -0.2) is 4.39 Å². The summed E-state index contributed by atoms with van der Waals surface area (Å²) < 4.78 is 13.8. The Kier molecular flexibility index (Phi) is 4.70. The second-order valence-electron chi connectivity index (χ2n) is 5.24. The lowest BCUT2D eigenvalue weighted by Crippen LogP contribution is -2.34. The number of nitrogens with zero attached hydrogens (tertiary/aromatic N) is 2. The topological polar surface area (TPSA) is 64.3 Å². The van der Waals surface area contributed by atoms with Crippen LogP contribution in [-0.4, -0.2) is 29.1 Å². The number of benzene rings is 1. The zero-order chi connectivity index (χ0) is 14.5. The molecule has 0 spiro atoms. The molecule has 0 bridgehead atoms. The highest BCUT2D eigenvalue weighted by molar-refractivity contribution is 5.67. The van der Waals surface area contributed by atoms with Crippen LogP contribution < -0.4 is 0 Å². The van der Waals surface area contributed by atoms with Crippen LogP contribution in [0.2, 0.25) is 0 Å². The number of halogens is 1. The Morgan fingerprint density at radius 2 is 2.15 bits per heavy atom. The SMILES string of the molecule is N#Cc1ccc(CN2CCC(CC(=O)O)CC2)c(F)c1. The average molecular weight is 276 g/mol. The summed E-state index contributed by atoms with van der Waals surface area (Å²) in [5.74, 6) is -0.868. The molecule has 0 aliphatic carbocycles. The van der Waals surface area contributed by atoms with Crippen molar-refractivity contribution in [2.24, 2.45) is 5.92 Å². The molecule has 0 unspecified atom stereocenters. The first kappa shape index (κ1) is 14.5. The van der Waals surface area contributed by atoms with Crippen molar-refractivity contribution in [1.29, 1.82) is 5.26 Å². The standard InChI is InChI=1S/C15H17FN2O2/c16-14-7-12(9-17)1-2-13(14)10-18-5-3-11(4-6-18)8-15(19)20/h1-2,7,11H,3-6,8,10H2,(H,19,20). The molecule has 2 rings (SSSR count). The Bertz CT molecular complexity index is 531. The van der Waals surface area contributed by atoms with Crippen LogP contribution in [0.3, 0.4) is 0 Å². The van der Waals surface area contributed by atoms with Crippen LogP contribution in [0.15, 0.2) is 18.2 Å². The second-order valence-corrected chi connectivity index (χ2v) is 5.24. The Hall–Kier alpha value is -1.93. The maximum atomic E-state index is 13.8. The van der Waals surface area contributed by atoms with Gasteiger partial charge in [0, 0.05) is 18.5 Å². The van der Waals surface area contributed by atoms with Crippen molar-refractivity contribution in [3.8, 4) is 6.07 Å². The van der Waals surface area contributed by atoms with Gasteiger partial charge in [-0.1, -0.05) is 6.07 Å². The molecule has 1 aliphatic heterocycles. The summed E-state index contributed by atoms with van der Waals surface area (Å²) in [4.78, 5) is 12.8. The molecule has 0 atom stereocenters. The Labute approximate surface area is 117 Å². The number of nitriles is 1. The second kappa shape index (κ2) is 6.49. The number of aliphatic carboxylic acids is 1. The van der Waals surface area contributed by atoms with E-state index in [0.29, 0.717) is 17.7 Å². The van der Waals surface area contributed by atoms with E-state index >= 15 is 0 Å². The van der Waals surface area contributed by atoms with Crippen molar-refractivity contribution in [3.63, 3.8) is 0 Å². The van der Waals surface area contributed by atoms with E-state index in [1.54, 1.807) is 12.1 Å². The molecule has 106 valence electrons. The number of carbonyl (C=O) groups is 1. The van der Waals surface area contributed by atoms with Gasteiger partial charge in [0.1, 0.15) is 5.82 Å². The summed E-state index contributed by atoms with van der Waals surface area (Å²) in [5.41, 5.74) is 0.909. The summed E-state index contributed by atoms with van der Waals surface area (Å²) >= 11 is 0. The van der Waals surface area contributed by atoms with Crippen molar-refractivity contribution >= 4 is 5.97 Å². The Balaban J connectivity index is 1.90. The number of rotatable bonds is 4. The third kappa shape index (κ3) is 3.78. The molecule has 0 amide bonds. The Morgan fingerprint density at radius 3 is 2.70 bits per heavy atom. The van der Waals surface area contributed by atoms with E-state index in [2.05, 4.69) is 4.90 Å². The highest BCUT2D eigenvalue weighted by atomic mass is 19.1. The van der Waals surface area contributed by atoms with E-state index in [1.807, 2.05) is 6.07 Å². The van der Waals surface area contributed by atoms with E-state index in [-0.39, 0.29) is 18.2 Å². The quantitative estimate of drug-likeness (QED) is 0.917. The van der Waals surface area contributed by atoms with Gasteiger partial charge in [0.25, 0.3) is 0 Å². The van der Waals surface area contributed by atoms with Crippen LogP contribution in [0.5, 0.6) is 0 Å². The molecule has 1 aromatic carbocycles. The van der Waals surface area contributed by atoms with Crippen molar-refractivity contribution in [1.82, 2.24) is 4.90 Å². The highest BCUT2D eigenvalue weighted by Gasteiger charge is 2.21. The van der Waals surface area contributed by atoms with E-state index in [0.717, 1.165) is 25.9 Å². The van der Waals surface area contributed by atoms with Gasteiger partial charge in [-0.05, 0) is 44.0 Å². The minimum atomic E-state index is -0.749. The van der Waals surface area contributed by atoms with Crippen LogP contribution in [-0.2, 0) is 11.3 Å². The molecule has 1 N–H and O–H groups in total. The van der Waals surface area contributed by atoms with Gasteiger partial charge in [-0.15, -0.1) is 0 Å². The predicted molar refractivity (Wildman–Crippen MR) is 71.4 cm³/mol. The molecule has 20 heavy (non-hydrogen) atoms. The summed E-state index contributed by atoms with van der Waals surface area (Å²) in [7, 11) is 0. The zero-order valence-electron chi connectivity index (χ0n) is 11.2. The van der Waals surface area contributed by atoms with Crippen LogP contribution in [0, 0.1) is 23.1 Å².